The highest BCUT2D eigenvalue weighted by Gasteiger charge is 2.18. The van der Waals surface area contributed by atoms with Crippen LogP contribution in [-0.4, -0.2) is 10.9 Å². The van der Waals surface area contributed by atoms with Crippen LogP contribution in [0, 0.1) is 6.92 Å². The first kappa shape index (κ1) is 17.9. The number of aromatic nitrogens is 1. The van der Waals surface area contributed by atoms with E-state index in [4.69, 9.17) is 0 Å². The molecule has 0 saturated heterocycles. The highest BCUT2D eigenvalue weighted by Crippen LogP contribution is 2.32. The lowest BCUT2D eigenvalue weighted by atomic mass is 9.99. The van der Waals surface area contributed by atoms with Gasteiger partial charge in [0.25, 0.3) is 0 Å². The monoisotopic (exact) mass is 392 g/mol. The van der Waals surface area contributed by atoms with Crippen molar-refractivity contribution in [1.29, 1.82) is 0 Å². The zero-order valence-corrected chi connectivity index (χ0v) is 16.9. The van der Waals surface area contributed by atoms with Gasteiger partial charge in [-0.1, -0.05) is 48.5 Å². The van der Waals surface area contributed by atoms with Crippen molar-refractivity contribution >= 4 is 39.4 Å². The summed E-state index contributed by atoms with van der Waals surface area (Å²) in [6.07, 6.45) is 0.355. The number of thiophene rings is 1. The zero-order chi connectivity index (χ0) is 18.8. The minimum absolute atomic E-state index is 0.0249. The standard InChI is InChI=1S/C22H20N2OS2/c1-14(17-10-5-8-16-7-3-4-9-18(16)17)23-21(25)13-20-22(24-15(2)27-20)19-11-6-12-26-19/h3-12,14H,13H2,1-2H3,(H,23,25)/t14-/m1/s1. The molecule has 1 amide bonds. The lowest BCUT2D eigenvalue weighted by Gasteiger charge is -2.16. The van der Waals surface area contributed by atoms with Crippen molar-refractivity contribution in [2.45, 2.75) is 26.3 Å². The molecule has 0 unspecified atom stereocenters. The Morgan fingerprint density at radius 3 is 2.74 bits per heavy atom. The van der Waals surface area contributed by atoms with Crippen LogP contribution in [-0.2, 0) is 11.2 Å². The van der Waals surface area contributed by atoms with Crippen molar-refractivity contribution in [2.24, 2.45) is 0 Å². The molecule has 0 bridgehead atoms. The van der Waals surface area contributed by atoms with Gasteiger partial charge in [0.05, 0.1) is 28.0 Å². The fourth-order valence-electron chi connectivity index (χ4n) is 3.34. The first-order valence-corrected chi connectivity index (χ1v) is 10.6. The van der Waals surface area contributed by atoms with Gasteiger partial charge < -0.3 is 5.32 Å². The van der Waals surface area contributed by atoms with E-state index in [1.54, 1.807) is 22.7 Å². The third-order valence-corrected chi connectivity index (χ3v) is 6.39. The number of carbonyl (C=O) groups excluding carboxylic acids is 1. The molecule has 27 heavy (non-hydrogen) atoms. The third-order valence-electron chi connectivity index (χ3n) is 4.55. The molecule has 0 aliphatic carbocycles. The Hall–Kier alpha value is -2.50. The maximum absolute atomic E-state index is 12.7. The largest absolute Gasteiger partial charge is 0.349 e. The molecular weight excluding hydrogens is 372 g/mol. The van der Waals surface area contributed by atoms with Crippen molar-refractivity contribution in [3.05, 3.63) is 75.4 Å². The van der Waals surface area contributed by atoms with Gasteiger partial charge in [-0.15, -0.1) is 22.7 Å². The quantitative estimate of drug-likeness (QED) is 0.470. The Morgan fingerprint density at radius 2 is 1.93 bits per heavy atom. The van der Waals surface area contributed by atoms with Crippen molar-refractivity contribution in [2.75, 3.05) is 0 Å². The van der Waals surface area contributed by atoms with Gasteiger partial charge in [0.2, 0.25) is 5.91 Å². The van der Waals surface area contributed by atoms with E-state index in [0.29, 0.717) is 6.42 Å². The van der Waals surface area contributed by atoms with Crippen LogP contribution in [0.2, 0.25) is 0 Å². The predicted octanol–water partition coefficient (Wildman–Crippen LogP) is 5.75. The molecule has 2 aromatic heterocycles. The van der Waals surface area contributed by atoms with Gasteiger partial charge in [-0.2, -0.15) is 0 Å². The molecule has 0 saturated carbocycles. The van der Waals surface area contributed by atoms with Crippen molar-refractivity contribution < 1.29 is 4.79 Å². The van der Waals surface area contributed by atoms with Gasteiger partial charge in [-0.3, -0.25) is 4.79 Å². The topological polar surface area (TPSA) is 42.0 Å². The molecule has 2 heterocycles. The molecule has 4 aromatic rings. The second kappa shape index (κ2) is 7.62. The Morgan fingerprint density at radius 1 is 1.11 bits per heavy atom. The third kappa shape index (κ3) is 3.80. The molecule has 2 aromatic carbocycles. The summed E-state index contributed by atoms with van der Waals surface area (Å²) in [6, 6.07) is 18.5. The van der Waals surface area contributed by atoms with Gasteiger partial charge >= 0.3 is 0 Å². The number of nitrogens with zero attached hydrogens (tertiary/aromatic N) is 1. The zero-order valence-electron chi connectivity index (χ0n) is 15.2. The van der Waals surface area contributed by atoms with Gasteiger partial charge in [0, 0.05) is 4.88 Å². The van der Waals surface area contributed by atoms with Crippen LogP contribution in [0.3, 0.4) is 0 Å². The lowest BCUT2D eigenvalue weighted by molar-refractivity contribution is -0.121. The van der Waals surface area contributed by atoms with Crippen LogP contribution < -0.4 is 5.32 Å². The maximum atomic E-state index is 12.7. The molecule has 0 fully saturated rings. The summed E-state index contributed by atoms with van der Waals surface area (Å²) in [7, 11) is 0. The Balaban J connectivity index is 1.53. The van der Waals surface area contributed by atoms with Crippen LogP contribution in [0.5, 0.6) is 0 Å². The number of hydrogen-bond donors (Lipinski definition) is 1. The van der Waals surface area contributed by atoms with Gasteiger partial charge in [-0.05, 0) is 41.6 Å². The molecule has 0 radical (unpaired) electrons. The number of hydrogen-bond acceptors (Lipinski definition) is 4. The molecule has 0 aliphatic heterocycles. The van der Waals surface area contributed by atoms with E-state index < -0.39 is 0 Å². The van der Waals surface area contributed by atoms with Gasteiger partial charge in [0.15, 0.2) is 0 Å². The fraction of sp³-hybridized carbons (Fsp3) is 0.182. The first-order valence-electron chi connectivity index (χ1n) is 8.89. The lowest BCUT2D eigenvalue weighted by Crippen LogP contribution is -2.28. The van der Waals surface area contributed by atoms with Crippen LogP contribution in [0.15, 0.2) is 60.0 Å². The summed E-state index contributed by atoms with van der Waals surface area (Å²) >= 11 is 3.26. The average Bonchev–Trinajstić information content (AvgIpc) is 3.30. The number of aryl methyl sites for hydroxylation is 1. The molecule has 4 rings (SSSR count). The molecule has 0 spiro atoms. The number of amides is 1. The summed E-state index contributed by atoms with van der Waals surface area (Å²) in [5.74, 6) is 0.0249. The van der Waals surface area contributed by atoms with E-state index in [9.17, 15) is 4.79 Å². The minimum atomic E-state index is -0.0530. The maximum Gasteiger partial charge on any atom is 0.225 e. The summed E-state index contributed by atoms with van der Waals surface area (Å²) in [5, 5.41) is 8.56. The van der Waals surface area contributed by atoms with Crippen LogP contribution >= 0.6 is 22.7 Å². The smallest absolute Gasteiger partial charge is 0.225 e. The summed E-state index contributed by atoms with van der Waals surface area (Å²) in [5.41, 5.74) is 2.08. The van der Waals surface area contributed by atoms with E-state index in [-0.39, 0.29) is 11.9 Å². The molecule has 5 heteroatoms. The van der Waals surface area contributed by atoms with Gasteiger partial charge in [0.1, 0.15) is 0 Å². The number of nitrogens with one attached hydrogen (secondary N) is 1. The number of benzene rings is 2. The van der Waals surface area contributed by atoms with E-state index in [2.05, 4.69) is 40.6 Å². The highest BCUT2D eigenvalue weighted by molar-refractivity contribution is 7.15. The van der Waals surface area contributed by atoms with Crippen LogP contribution in [0.1, 0.15) is 28.4 Å². The molecule has 0 aliphatic rings. The normalized spacial score (nSPS) is 12.2. The molecule has 1 atom stereocenters. The average molecular weight is 393 g/mol. The Bertz CT molecular complexity index is 1080. The second-order valence-electron chi connectivity index (χ2n) is 6.52. The number of carbonyl (C=O) groups is 1. The molecule has 136 valence electrons. The predicted molar refractivity (Wildman–Crippen MR) is 114 cm³/mol. The SMILES string of the molecule is Cc1nc(-c2cccs2)c(CC(=O)N[C@H](C)c2cccc3ccccc23)s1. The number of fused-ring (bicyclic) bond motifs is 1. The van der Waals surface area contributed by atoms with Crippen molar-refractivity contribution in [3.63, 3.8) is 0 Å². The molecule has 1 N–H and O–H groups in total. The first-order chi connectivity index (χ1) is 13.1. The van der Waals surface area contributed by atoms with E-state index in [0.717, 1.165) is 26.0 Å². The summed E-state index contributed by atoms with van der Waals surface area (Å²) < 4.78 is 0. The van der Waals surface area contributed by atoms with E-state index in [1.165, 1.54) is 10.8 Å². The Labute approximate surface area is 166 Å². The second-order valence-corrected chi connectivity index (χ2v) is 8.75. The number of rotatable bonds is 5. The van der Waals surface area contributed by atoms with Crippen molar-refractivity contribution in [3.8, 4) is 10.6 Å². The summed E-state index contributed by atoms with van der Waals surface area (Å²) in [4.78, 5) is 19.5. The van der Waals surface area contributed by atoms with E-state index >= 15 is 0 Å². The minimum Gasteiger partial charge on any atom is -0.349 e. The fourth-order valence-corrected chi connectivity index (χ4v) is 5.09. The molecular formula is C22H20N2OS2. The van der Waals surface area contributed by atoms with Crippen LogP contribution in [0.4, 0.5) is 0 Å². The van der Waals surface area contributed by atoms with Crippen molar-refractivity contribution in [1.82, 2.24) is 10.3 Å². The number of thiazole rings is 1. The van der Waals surface area contributed by atoms with Crippen LogP contribution in [0.25, 0.3) is 21.3 Å². The highest BCUT2D eigenvalue weighted by atomic mass is 32.1. The Kier molecular flexibility index (Phi) is 5.05. The van der Waals surface area contributed by atoms with E-state index in [1.807, 2.05) is 43.5 Å². The summed E-state index contributed by atoms with van der Waals surface area (Å²) in [6.45, 7) is 4.03. The molecule has 3 nitrogen and oxygen atoms in total. The van der Waals surface area contributed by atoms with Gasteiger partial charge in [-0.25, -0.2) is 4.98 Å².